The van der Waals surface area contributed by atoms with Crippen LogP contribution < -0.4 is 0 Å². The third-order valence-electron chi connectivity index (χ3n) is 1.88. The van der Waals surface area contributed by atoms with Gasteiger partial charge >= 0.3 is 0 Å². The molecule has 2 nitrogen and oxygen atoms in total. The summed E-state index contributed by atoms with van der Waals surface area (Å²) in [6.07, 6.45) is 0. The molecule has 0 radical (unpaired) electrons. The molecular formula is C9H5F2IN2S. The van der Waals surface area contributed by atoms with E-state index in [-0.39, 0.29) is 0 Å². The molecule has 0 amide bonds. The van der Waals surface area contributed by atoms with Gasteiger partial charge in [0.15, 0.2) is 0 Å². The first-order valence-corrected chi connectivity index (χ1v) is 5.88. The number of hydrogen-bond donors (Lipinski definition) is 0. The molecule has 0 saturated carbocycles. The van der Waals surface area contributed by atoms with Crippen LogP contribution in [0.15, 0.2) is 12.1 Å². The molecule has 0 bridgehead atoms. The Bertz CT molecular complexity index is 513. The normalized spacial score (nSPS) is 10.7. The molecule has 0 aliphatic rings. The fourth-order valence-electron chi connectivity index (χ4n) is 1.14. The molecule has 0 unspecified atom stereocenters. The van der Waals surface area contributed by atoms with Crippen molar-refractivity contribution in [2.75, 3.05) is 0 Å². The van der Waals surface area contributed by atoms with Gasteiger partial charge in [0.1, 0.15) is 16.6 Å². The Morgan fingerprint density at radius 1 is 1.27 bits per heavy atom. The molecule has 15 heavy (non-hydrogen) atoms. The van der Waals surface area contributed by atoms with Gasteiger partial charge in [0.25, 0.3) is 0 Å². The van der Waals surface area contributed by atoms with E-state index in [1.807, 2.05) is 22.6 Å². The lowest BCUT2D eigenvalue weighted by Gasteiger charge is -2.01. The standard InChI is InChI=1S/C9H5F2IN2S/c1-4-2-5(7(11)3-6(4)10)8-13-9(12)14-15-8/h2-3H,1H3. The average molecular weight is 338 g/mol. The van der Waals surface area contributed by atoms with Crippen LogP contribution in [-0.4, -0.2) is 9.36 Å². The minimum Gasteiger partial charge on any atom is -0.209 e. The van der Waals surface area contributed by atoms with Gasteiger partial charge in [-0.2, -0.15) is 4.37 Å². The van der Waals surface area contributed by atoms with Crippen molar-refractivity contribution in [2.24, 2.45) is 0 Å². The van der Waals surface area contributed by atoms with Gasteiger partial charge in [-0.3, -0.25) is 0 Å². The lowest BCUT2D eigenvalue weighted by molar-refractivity contribution is 0.579. The van der Waals surface area contributed by atoms with Crippen LogP contribution in [0.1, 0.15) is 5.56 Å². The Labute approximate surface area is 103 Å². The second kappa shape index (κ2) is 4.09. The Hall–Kier alpha value is -0.630. The number of halogens is 3. The van der Waals surface area contributed by atoms with Crippen molar-refractivity contribution < 1.29 is 8.78 Å². The summed E-state index contributed by atoms with van der Waals surface area (Å²) in [5.41, 5.74) is 0.700. The maximum absolute atomic E-state index is 13.4. The van der Waals surface area contributed by atoms with E-state index in [0.29, 0.717) is 20.0 Å². The van der Waals surface area contributed by atoms with Crippen molar-refractivity contribution in [2.45, 2.75) is 6.92 Å². The molecule has 1 aromatic carbocycles. The van der Waals surface area contributed by atoms with Gasteiger partial charge < -0.3 is 0 Å². The van der Waals surface area contributed by atoms with Crippen LogP contribution in [0.4, 0.5) is 8.78 Å². The van der Waals surface area contributed by atoms with Crippen LogP contribution in [-0.2, 0) is 0 Å². The topological polar surface area (TPSA) is 25.8 Å². The van der Waals surface area contributed by atoms with Gasteiger partial charge in [0, 0.05) is 34.2 Å². The second-order valence-electron chi connectivity index (χ2n) is 2.95. The molecule has 0 saturated heterocycles. The van der Waals surface area contributed by atoms with Crippen molar-refractivity contribution in [1.29, 1.82) is 0 Å². The fourth-order valence-corrected chi connectivity index (χ4v) is 2.42. The van der Waals surface area contributed by atoms with E-state index < -0.39 is 11.6 Å². The van der Waals surface area contributed by atoms with E-state index >= 15 is 0 Å². The number of aryl methyl sites for hydroxylation is 1. The van der Waals surface area contributed by atoms with E-state index in [9.17, 15) is 8.78 Å². The minimum absolute atomic E-state index is 0.300. The highest BCUT2D eigenvalue weighted by Gasteiger charge is 2.12. The summed E-state index contributed by atoms with van der Waals surface area (Å²) < 4.78 is 30.9. The SMILES string of the molecule is Cc1cc(-c2nc(I)ns2)c(F)cc1F. The molecule has 0 fully saturated rings. The Morgan fingerprint density at radius 3 is 2.60 bits per heavy atom. The highest BCUT2D eigenvalue weighted by Crippen LogP contribution is 2.27. The third-order valence-corrected chi connectivity index (χ3v) is 3.44. The first-order valence-electron chi connectivity index (χ1n) is 4.03. The van der Waals surface area contributed by atoms with Crippen molar-refractivity contribution >= 4 is 34.1 Å². The van der Waals surface area contributed by atoms with Gasteiger partial charge in [-0.25, -0.2) is 13.8 Å². The Morgan fingerprint density at radius 2 is 2.00 bits per heavy atom. The molecule has 1 heterocycles. The van der Waals surface area contributed by atoms with E-state index in [1.165, 1.54) is 6.07 Å². The molecule has 2 aromatic rings. The number of nitrogens with zero attached hydrogens (tertiary/aromatic N) is 2. The molecule has 0 aliphatic carbocycles. The summed E-state index contributed by atoms with van der Waals surface area (Å²) in [4.78, 5) is 4.04. The number of hydrogen-bond acceptors (Lipinski definition) is 3. The summed E-state index contributed by atoms with van der Waals surface area (Å²) in [5.74, 6) is -1.15. The predicted molar refractivity (Wildman–Crippen MR) is 62.7 cm³/mol. The molecule has 0 spiro atoms. The van der Waals surface area contributed by atoms with Gasteiger partial charge in [-0.15, -0.1) is 0 Å². The van der Waals surface area contributed by atoms with E-state index in [1.54, 1.807) is 6.92 Å². The van der Waals surface area contributed by atoms with Crippen molar-refractivity contribution in [1.82, 2.24) is 9.36 Å². The van der Waals surface area contributed by atoms with Crippen LogP contribution in [0.25, 0.3) is 10.6 Å². The van der Waals surface area contributed by atoms with Crippen molar-refractivity contribution in [3.8, 4) is 10.6 Å². The smallest absolute Gasteiger partial charge is 0.203 e. The van der Waals surface area contributed by atoms with Crippen LogP contribution in [0.2, 0.25) is 0 Å². The van der Waals surface area contributed by atoms with Gasteiger partial charge in [0.2, 0.25) is 3.83 Å². The maximum Gasteiger partial charge on any atom is 0.203 e. The first kappa shape index (κ1) is 10.9. The average Bonchev–Trinajstić information content (AvgIpc) is 2.58. The van der Waals surface area contributed by atoms with Gasteiger partial charge in [-0.05, 0) is 30.1 Å². The van der Waals surface area contributed by atoms with E-state index in [0.717, 1.165) is 17.6 Å². The molecule has 0 N–H and O–H groups in total. The Kier molecular flexibility index (Phi) is 2.96. The Balaban J connectivity index is 2.58. The van der Waals surface area contributed by atoms with Crippen LogP contribution in [0, 0.1) is 22.4 Å². The molecule has 2 rings (SSSR count). The van der Waals surface area contributed by atoms with Crippen LogP contribution >= 0.6 is 34.1 Å². The first-order chi connectivity index (χ1) is 7.08. The van der Waals surface area contributed by atoms with Gasteiger partial charge in [0.05, 0.1) is 0 Å². The second-order valence-corrected chi connectivity index (χ2v) is 4.67. The van der Waals surface area contributed by atoms with Gasteiger partial charge in [-0.1, -0.05) is 0 Å². The zero-order valence-electron chi connectivity index (χ0n) is 7.59. The lowest BCUT2D eigenvalue weighted by atomic mass is 10.1. The summed E-state index contributed by atoms with van der Waals surface area (Å²) in [7, 11) is 0. The number of aromatic nitrogens is 2. The molecule has 1 aromatic heterocycles. The number of rotatable bonds is 1. The minimum atomic E-state index is -0.606. The van der Waals surface area contributed by atoms with Crippen molar-refractivity contribution in [3.05, 3.63) is 33.2 Å². The highest BCUT2D eigenvalue weighted by atomic mass is 127. The summed E-state index contributed by atoms with van der Waals surface area (Å²) in [6, 6.07) is 2.32. The van der Waals surface area contributed by atoms with E-state index in [2.05, 4.69) is 9.36 Å². The predicted octanol–water partition coefficient (Wildman–Crippen LogP) is 3.40. The molecule has 78 valence electrons. The summed E-state index contributed by atoms with van der Waals surface area (Å²) >= 11 is 3.05. The monoisotopic (exact) mass is 338 g/mol. The summed E-state index contributed by atoms with van der Waals surface area (Å²) in [5, 5.41) is 0.472. The maximum atomic E-state index is 13.4. The molecule has 0 atom stereocenters. The highest BCUT2D eigenvalue weighted by molar-refractivity contribution is 14.1. The van der Waals surface area contributed by atoms with Crippen LogP contribution in [0.3, 0.4) is 0 Å². The van der Waals surface area contributed by atoms with E-state index in [4.69, 9.17) is 0 Å². The summed E-state index contributed by atoms with van der Waals surface area (Å²) in [6.45, 7) is 1.59. The van der Waals surface area contributed by atoms with Crippen LogP contribution in [0.5, 0.6) is 0 Å². The zero-order chi connectivity index (χ0) is 11.0. The molecular weight excluding hydrogens is 333 g/mol. The lowest BCUT2D eigenvalue weighted by Crippen LogP contribution is -1.90. The fraction of sp³-hybridized carbons (Fsp3) is 0.111. The number of benzene rings is 1. The van der Waals surface area contributed by atoms with Crippen molar-refractivity contribution in [3.63, 3.8) is 0 Å². The zero-order valence-corrected chi connectivity index (χ0v) is 10.6. The molecule has 6 heteroatoms. The molecule has 0 aliphatic heterocycles. The largest absolute Gasteiger partial charge is 0.209 e. The third kappa shape index (κ3) is 2.15. The quantitative estimate of drug-likeness (QED) is 0.745.